The number of hydrogen-bond acceptors (Lipinski definition) is 2. The fraction of sp³-hybridized carbons (Fsp3) is 0.545. The van der Waals surface area contributed by atoms with Crippen molar-refractivity contribution < 1.29 is 9.16 Å². The number of allylic oxidation sites excluding steroid dienone is 1. The Labute approximate surface area is 156 Å². The Hall–Kier alpha value is -1.32. The van der Waals surface area contributed by atoms with E-state index in [4.69, 9.17) is 9.16 Å². The van der Waals surface area contributed by atoms with Crippen molar-refractivity contribution in [2.75, 3.05) is 6.61 Å². The van der Waals surface area contributed by atoms with Crippen molar-refractivity contribution >= 4 is 8.32 Å². The topological polar surface area (TPSA) is 18.5 Å². The summed E-state index contributed by atoms with van der Waals surface area (Å²) in [4.78, 5) is 0. The number of benzene rings is 1. The molecule has 0 unspecified atom stereocenters. The van der Waals surface area contributed by atoms with Crippen LogP contribution in [-0.4, -0.2) is 14.9 Å². The van der Waals surface area contributed by atoms with Crippen LogP contribution in [0.15, 0.2) is 54.8 Å². The molecular formula is C22H36O2Si. The van der Waals surface area contributed by atoms with Gasteiger partial charge in [0.05, 0.1) is 19.0 Å². The Morgan fingerprint density at radius 3 is 2.04 bits per heavy atom. The zero-order valence-corrected chi connectivity index (χ0v) is 17.9. The van der Waals surface area contributed by atoms with E-state index in [0.29, 0.717) is 29.8 Å². The molecule has 0 aliphatic carbocycles. The van der Waals surface area contributed by atoms with Crippen LogP contribution in [0.4, 0.5) is 0 Å². The molecule has 0 bridgehead atoms. The Balaban J connectivity index is 2.44. The summed E-state index contributed by atoms with van der Waals surface area (Å²) in [6, 6.07) is 10.2. The molecule has 25 heavy (non-hydrogen) atoms. The number of rotatable bonds is 11. The van der Waals surface area contributed by atoms with Gasteiger partial charge in [-0.15, -0.1) is 0 Å². The van der Waals surface area contributed by atoms with E-state index in [9.17, 15) is 0 Å². The van der Waals surface area contributed by atoms with Crippen LogP contribution in [0.5, 0.6) is 0 Å². The van der Waals surface area contributed by atoms with E-state index in [1.165, 1.54) is 5.56 Å². The molecule has 0 radical (unpaired) electrons. The first-order chi connectivity index (χ1) is 11.8. The predicted octanol–water partition coefficient (Wildman–Crippen LogP) is 6.86. The van der Waals surface area contributed by atoms with Crippen LogP contribution in [0, 0.1) is 0 Å². The molecule has 3 heteroatoms. The van der Waals surface area contributed by atoms with E-state index in [1.54, 1.807) is 0 Å². The van der Waals surface area contributed by atoms with Gasteiger partial charge in [-0.1, -0.05) is 90.6 Å². The lowest BCUT2D eigenvalue weighted by molar-refractivity contribution is 0.148. The van der Waals surface area contributed by atoms with Gasteiger partial charge in [0, 0.05) is 6.42 Å². The highest BCUT2D eigenvalue weighted by molar-refractivity contribution is 6.77. The van der Waals surface area contributed by atoms with Gasteiger partial charge in [0.25, 0.3) is 8.32 Å². The van der Waals surface area contributed by atoms with Crippen molar-refractivity contribution in [1.82, 2.24) is 0 Å². The van der Waals surface area contributed by atoms with Crippen molar-refractivity contribution in [3.8, 4) is 0 Å². The summed E-state index contributed by atoms with van der Waals surface area (Å²) in [5.74, 6) is 0.891. The highest BCUT2D eigenvalue weighted by atomic mass is 28.4. The lowest BCUT2D eigenvalue weighted by Crippen LogP contribution is -2.47. The van der Waals surface area contributed by atoms with E-state index in [1.807, 2.05) is 18.2 Å². The molecule has 0 aromatic heterocycles. The third-order valence-corrected chi connectivity index (χ3v) is 10.9. The van der Waals surface area contributed by atoms with Gasteiger partial charge >= 0.3 is 0 Å². The summed E-state index contributed by atoms with van der Waals surface area (Å²) in [5.41, 5.74) is 2.91. The van der Waals surface area contributed by atoms with Gasteiger partial charge in [-0.05, 0) is 22.2 Å². The molecule has 1 aromatic rings. The number of hydrogen-bond donors (Lipinski definition) is 0. The molecule has 0 saturated heterocycles. The molecular weight excluding hydrogens is 324 g/mol. The summed E-state index contributed by atoms with van der Waals surface area (Å²) in [5, 5.41) is 0. The lowest BCUT2D eigenvalue weighted by atomic mass is 10.2. The Bertz CT molecular complexity index is 510. The molecule has 0 N–H and O–H groups in total. The van der Waals surface area contributed by atoms with Crippen molar-refractivity contribution in [3.05, 3.63) is 60.4 Å². The SMILES string of the molecule is C=C(C/C=C/COCc1ccccc1)O[Si](C(C)C)(C(C)C)C(C)C. The Morgan fingerprint density at radius 1 is 0.960 bits per heavy atom. The van der Waals surface area contributed by atoms with Crippen LogP contribution in [0.3, 0.4) is 0 Å². The van der Waals surface area contributed by atoms with Crippen LogP contribution in [0.2, 0.25) is 16.6 Å². The molecule has 0 aliphatic heterocycles. The molecule has 0 fully saturated rings. The minimum atomic E-state index is -1.87. The summed E-state index contributed by atoms with van der Waals surface area (Å²) < 4.78 is 12.2. The second-order valence-corrected chi connectivity index (χ2v) is 13.0. The normalized spacial score (nSPS) is 12.5. The maximum Gasteiger partial charge on any atom is 0.258 e. The van der Waals surface area contributed by atoms with Gasteiger partial charge in [-0.2, -0.15) is 0 Å². The third kappa shape index (κ3) is 6.48. The first kappa shape index (κ1) is 21.7. The average Bonchev–Trinajstić information content (AvgIpc) is 2.55. The van der Waals surface area contributed by atoms with Gasteiger partial charge in [0.2, 0.25) is 0 Å². The zero-order chi connectivity index (χ0) is 18.9. The number of ether oxygens (including phenoxy) is 1. The third-order valence-electron chi connectivity index (χ3n) is 4.87. The monoisotopic (exact) mass is 360 g/mol. The van der Waals surface area contributed by atoms with E-state index in [2.05, 4.69) is 72.4 Å². The van der Waals surface area contributed by atoms with Crippen molar-refractivity contribution in [2.24, 2.45) is 0 Å². The molecule has 2 nitrogen and oxygen atoms in total. The molecule has 0 aliphatic rings. The standard InChI is InChI=1S/C22H36O2Si/c1-18(2)25(19(3)4,20(5)6)24-21(7)13-11-12-16-23-17-22-14-9-8-10-15-22/h8-12,14-15,18-20H,7,13,16-17H2,1-6H3/b12-11+. The fourth-order valence-electron chi connectivity index (χ4n) is 3.75. The van der Waals surface area contributed by atoms with Crippen molar-refractivity contribution in [2.45, 2.75) is 71.2 Å². The minimum Gasteiger partial charge on any atom is -0.546 e. The lowest BCUT2D eigenvalue weighted by Gasteiger charge is -2.42. The minimum absolute atomic E-state index is 0.572. The van der Waals surface area contributed by atoms with Gasteiger partial charge in [0.1, 0.15) is 0 Å². The molecule has 0 spiro atoms. The summed E-state index contributed by atoms with van der Waals surface area (Å²) in [7, 11) is -1.87. The van der Waals surface area contributed by atoms with E-state index < -0.39 is 8.32 Å². The zero-order valence-electron chi connectivity index (χ0n) is 16.9. The smallest absolute Gasteiger partial charge is 0.258 e. The average molecular weight is 361 g/mol. The maximum atomic E-state index is 6.55. The van der Waals surface area contributed by atoms with Crippen molar-refractivity contribution in [3.63, 3.8) is 0 Å². The van der Waals surface area contributed by atoms with Gasteiger partial charge in [0.15, 0.2) is 0 Å². The Kier molecular flexibility index (Phi) is 9.23. The highest BCUT2D eigenvalue weighted by Crippen LogP contribution is 2.43. The van der Waals surface area contributed by atoms with E-state index in [0.717, 1.165) is 12.2 Å². The second kappa shape index (κ2) is 10.6. The maximum absolute atomic E-state index is 6.55. The van der Waals surface area contributed by atoms with E-state index >= 15 is 0 Å². The van der Waals surface area contributed by atoms with Gasteiger partial charge in [-0.3, -0.25) is 0 Å². The second-order valence-electron chi connectivity index (χ2n) is 7.63. The molecule has 0 atom stereocenters. The molecule has 140 valence electrons. The summed E-state index contributed by atoms with van der Waals surface area (Å²) >= 11 is 0. The summed E-state index contributed by atoms with van der Waals surface area (Å²) in [6.45, 7) is 19.2. The molecule has 0 amide bonds. The van der Waals surface area contributed by atoms with Gasteiger partial charge in [-0.25, -0.2) is 0 Å². The van der Waals surface area contributed by atoms with Crippen LogP contribution in [-0.2, 0) is 15.8 Å². The fourth-order valence-corrected chi connectivity index (χ4v) is 9.04. The first-order valence-electron chi connectivity index (χ1n) is 9.44. The quantitative estimate of drug-likeness (QED) is 0.186. The first-order valence-corrected chi connectivity index (χ1v) is 11.6. The summed E-state index contributed by atoms with van der Waals surface area (Å²) in [6.07, 6.45) is 4.92. The predicted molar refractivity (Wildman–Crippen MR) is 111 cm³/mol. The van der Waals surface area contributed by atoms with Gasteiger partial charge < -0.3 is 9.16 Å². The van der Waals surface area contributed by atoms with Crippen LogP contribution >= 0.6 is 0 Å². The largest absolute Gasteiger partial charge is 0.546 e. The van der Waals surface area contributed by atoms with Crippen LogP contribution < -0.4 is 0 Å². The highest BCUT2D eigenvalue weighted by Gasteiger charge is 2.46. The molecule has 1 rings (SSSR count). The molecule has 1 aromatic carbocycles. The molecule has 0 heterocycles. The van der Waals surface area contributed by atoms with Crippen molar-refractivity contribution in [1.29, 1.82) is 0 Å². The van der Waals surface area contributed by atoms with Crippen LogP contribution in [0.1, 0.15) is 53.5 Å². The molecule has 0 saturated carbocycles. The van der Waals surface area contributed by atoms with E-state index in [-0.39, 0.29) is 0 Å². The Morgan fingerprint density at radius 2 is 1.52 bits per heavy atom. The van der Waals surface area contributed by atoms with Crippen LogP contribution in [0.25, 0.3) is 0 Å².